The van der Waals surface area contributed by atoms with Gasteiger partial charge in [0.2, 0.25) is 6.39 Å². The molecule has 0 radical (unpaired) electrons. The zero-order valence-corrected chi connectivity index (χ0v) is 11.3. The van der Waals surface area contributed by atoms with E-state index in [4.69, 9.17) is 4.74 Å². The first-order chi connectivity index (χ1) is 8.58. The van der Waals surface area contributed by atoms with Gasteiger partial charge in [0.05, 0.1) is 25.4 Å². The minimum absolute atomic E-state index is 0.178. The maximum absolute atomic E-state index is 9.71. The molecule has 0 aliphatic carbocycles. The van der Waals surface area contributed by atoms with Crippen LogP contribution in [0.15, 0.2) is 10.9 Å². The van der Waals surface area contributed by atoms with Gasteiger partial charge >= 0.3 is 0 Å². The van der Waals surface area contributed by atoms with Crippen LogP contribution in [0.4, 0.5) is 0 Å². The molecule has 1 rings (SSSR count). The first kappa shape index (κ1) is 15.1. The third-order valence-electron chi connectivity index (χ3n) is 2.45. The molecule has 104 valence electrons. The van der Waals surface area contributed by atoms with Crippen LogP contribution in [0.2, 0.25) is 0 Å². The topological polar surface area (TPSA) is 80.4 Å². The van der Waals surface area contributed by atoms with Gasteiger partial charge in [-0.2, -0.15) is 4.98 Å². The number of ether oxygens (including phenoxy) is 1. The van der Waals surface area contributed by atoms with Crippen LogP contribution in [-0.4, -0.2) is 40.6 Å². The fourth-order valence-corrected chi connectivity index (χ4v) is 1.69. The molecule has 0 bridgehead atoms. The minimum atomic E-state index is -0.522. The second-order valence-electron chi connectivity index (χ2n) is 4.91. The number of hydrogen-bond acceptors (Lipinski definition) is 6. The summed E-state index contributed by atoms with van der Waals surface area (Å²) in [5.74, 6) is 1.19. The van der Waals surface area contributed by atoms with Crippen LogP contribution in [0, 0.1) is 5.92 Å². The normalized spacial score (nSPS) is 14.9. The summed E-state index contributed by atoms with van der Waals surface area (Å²) in [5.41, 5.74) is 0. The Morgan fingerprint density at radius 2 is 2.22 bits per heavy atom. The lowest BCUT2D eigenvalue weighted by Gasteiger charge is -2.18. The van der Waals surface area contributed by atoms with E-state index in [1.54, 1.807) is 0 Å². The number of nitrogens with zero attached hydrogens (tertiary/aromatic N) is 2. The molecule has 2 atom stereocenters. The number of rotatable bonds is 9. The molecule has 1 aromatic heterocycles. The standard InChI is InChI=1S/C12H23N3O3/c1-9(2)4-10(3)17-7-11(16)5-13-6-12-14-8-18-15-12/h8-11,13,16H,4-7H2,1-3H3. The fourth-order valence-electron chi connectivity index (χ4n) is 1.69. The summed E-state index contributed by atoms with van der Waals surface area (Å²) in [6.45, 7) is 7.61. The van der Waals surface area contributed by atoms with Gasteiger partial charge in [0.1, 0.15) is 0 Å². The predicted molar refractivity (Wildman–Crippen MR) is 66.9 cm³/mol. The van der Waals surface area contributed by atoms with Crippen molar-refractivity contribution in [1.82, 2.24) is 15.5 Å². The summed E-state index contributed by atoms with van der Waals surface area (Å²) < 4.78 is 10.2. The van der Waals surface area contributed by atoms with Crippen LogP contribution in [0.1, 0.15) is 33.0 Å². The molecule has 0 fully saturated rings. The van der Waals surface area contributed by atoms with Crippen molar-refractivity contribution in [2.75, 3.05) is 13.2 Å². The molecule has 0 aliphatic heterocycles. The monoisotopic (exact) mass is 257 g/mol. The number of aliphatic hydroxyl groups is 1. The highest BCUT2D eigenvalue weighted by Gasteiger charge is 2.09. The molecular weight excluding hydrogens is 234 g/mol. The van der Waals surface area contributed by atoms with Crippen molar-refractivity contribution in [3.63, 3.8) is 0 Å². The van der Waals surface area contributed by atoms with Gasteiger partial charge in [0.15, 0.2) is 5.82 Å². The highest BCUT2D eigenvalue weighted by atomic mass is 16.5. The molecule has 2 unspecified atom stereocenters. The number of aliphatic hydroxyl groups excluding tert-OH is 1. The highest BCUT2D eigenvalue weighted by molar-refractivity contribution is 4.76. The lowest BCUT2D eigenvalue weighted by atomic mass is 10.1. The summed E-state index contributed by atoms with van der Waals surface area (Å²) in [6, 6.07) is 0. The lowest BCUT2D eigenvalue weighted by molar-refractivity contribution is -0.00862. The zero-order valence-electron chi connectivity index (χ0n) is 11.3. The van der Waals surface area contributed by atoms with E-state index in [9.17, 15) is 5.11 Å². The third-order valence-corrected chi connectivity index (χ3v) is 2.45. The van der Waals surface area contributed by atoms with Gasteiger partial charge in [-0.15, -0.1) is 0 Å². The highest BCUT2D eigenvalue weighted by Crippen LogP contribution is 2.07. The summed E-state index contributed by atoms with van der Waals surface area (Å²) >= 11 is 0. The summed E-state index contributed by atoms with van der Waals surface area (Å²) in [7, 11) is 0. The van der Waals surface area contributed by atoms with Crippen molar-refractivity contribution in [1.29, 1.82) is 0 Å². The van der Waals surface area contributed by atoms with Gasteiger partial charge in [0, 0.05) is 6.54 Å². The lowest BCUT2D eigenvalue weighted by Crippen LogP contribution is -2.31. The van der Waals surface area contributed by atoms with Crippen LogP contribution >= 0.6 is 0 Å². The van der Waals surface area contributed by atoms with E-state index >= 15 is 0 Å². The summed E-state index contributed by atoms with van der Waals surface area (Å²) in [6.07, 6.45) is 1.94. The van der Waals surface area contributed by atoms with Gasteiger partial charge in [-0.25, -0.2) is 0 Å². The quantitative estimate of drug-likeness (QED) is 0.686. The van der Waals surface area contributed by atoms with Crippen molar-refractivity contribution in [3.8, 4) is 0 Å². The fraction of sp³-hybridized carbons (Fsp3) is 0.833. The second kappa shape index (κ2) is 8.18. The predicted octanol–water partition coefficient (Wildman–Crippen LogP) is 0.971. The summed E-state index contributed by atoms with van der Waals surface area (Å²) in [4.78, 5) is 3.87. The molecule has 6 nitrogen and oxygen atoms in total. The van der Waals surface area contributed by atoms with Crippen LogP contribution in [0.5, 0.6) is 0 Å². The Labute approximate surface area is 108 Å². The van der Waals surface area contributed by atoms with E-state index < -0.39 is 6.10 Å². The van der Waals surface area contributed by atoms with Gasteiger partial charge in [-0.05, 0) is 19.3 Å². The maximum atomic E-state index is 9.71. The Hall–Kier alpha value is -0.980. The maximum Gasteiger partial charge on any atom is 0.213 e. The van der Waals surface area contributed by atoms with Crippen molar-refractivity contribution >= 4 is 0 Å². The van der Waals surface area contributed by atoms with Crippen molar-refractivity contribution in [2.45, 2.75) is 45.9 Å². The van der Waals surface area contributed by atoms with Gasteiger partial charge in [-0.3, -0.25) is 0 Å². The van der Waals surface area contributed by atoms with Crippen LogP contribution in [0.3, 0.4) is 0 Å². The molecule has 1 aromatic rings. The molecule has 6 heteroatoms. The van der Waals surface area contributed by atoms with E-state index in [0.29, 0.717) is 31.4 Å². The average Bonchev–Trinajstić information content (AvgIpc) is 2.78. The number of aromatic nitrogens is 2. The van der Waals surface area contributed by atoms with Crippen molar-refractivity contribution in [2.24, 2.45) is 5.92 Å². The Balaban J connectivity index is 2.04. The first-order valence-electron chi connectivity index (χ1n) is 6.33. The number of nitrogens with one attached hydrogen (secondary N) is 1. The molecule has 2 N–H and O–H groups in total. The van der Waals surface area contributed by atoms with Crippen molar-refractivity contribution in [3.05, 3.63) is 12.2 Å². The molecule has 0 spiro atoms. The van der Waals surface area contributed by atoms with Gasteiger partial charge < -0.3 is 19.7 Å². The minimum Gasteiger partial charge on any atom is -0.389 e. The molecule has 18 heavy (non-hydrogen) atoms. The SMILES string of the molecule is CC(C)CC(C)OCC(O)CNCc1ncon1. The van der Waals surface area contributed by atoms with Crippen LogP contribution in [0.25, 0.3) is 0 Å². The van der Waals surface area contributed by atoms with Crippen LogP contribution < -0.4 is 5.32 Å². The van der Waals surface area contributed by atoms with Gasteiger partial charge in [0.25, 0.3) is 0 Å². The van der Waals surface area contributed by atoms with E-state index in [0.717, 1.165) is 6.42 Å². The van der Waals surface area contributed by atoms with E-state index in [2.05, 4.69) is 33.8 Å². The molecule has 0 aliphatic rings. The second-order valence-corrected chi connectivity index (χ2v) is 4.91. The zero-order chi connectivity index (χ0) is 13.4. The summed E-state index contributed by atoms with van der Waals surface area (Å²) in [5, 5.41) is 16.4. The first-order valence-corrected chi connectivity index (χ1v) is 6.33. The Morgan fingerprint density at radius 1 is 1.44 bits per heavy atom. The molecule has 0 amide bonds. The van der Waals surface area contributed by atoms with E-state index in [1.165, 1.54) is 6.39 Å². The number of hydrogen-bond donors (Lipinski definition) is 2. The molecular formula is C12H23N3O3. The molecule has 0 aromatic carbocycles. The Morgan fingerprint density at radius 3 is 2.83 bits per heavy atom. The average molecular weight is 257 g/mol. The molecule has 0 saturated carbocycles. The van der Waals surface area contributed by atoms with E-state index in [1.807, 2.05) is 6.92 Å². The van der Waals surface area contributed by atoms with Crippen LogP contribution in [-0.2, 0) is 11.3 Å². The largest absolute Gasteiger partial charge is 0.389 e. The third kappa shape index (κ3) is 6.68. The van der Waals surface area contributed by atoms with Crippen molar-refractivity contribution < 1.29 is 14.4 Å². The Kier molecular flexibility index (Phi) is 6.85. The van der Waals surface area contributed by atoms with Gasteiger partial charge in [-0.1, -0.05) is 19.0 Å². The smallest absolute Gasteiger partial charge is 0.213 e. The Bertz CT molecular complexity index is 304. The molecule has 1 heterocycles. The molecule has 0 saturated heterocycles. The van der Waals surface area contributed by atoms with E-state index in [-0.39, 0.29) is 6.10 Å².